The summed E-state index contributed by atoms with van der Waals surface area (Å²) in [5.74, 6) is 0.450. The molecule has 0 fully saturated rings. The summed E-state index contributed by atoms with van der Waals surface area (Å²) in [7, 11) is 1.60. The van der Waals surface area contributed by atoms with Gasteiger partial charge in [0, 0.05) is 5.69 Å². The van der Waals surface area contributed by atoms with E-state index >= 15 is 0 Å². The Labute approximate surface area is 123 Å². The van der Waals surface area contributed by atoms with Crippen molar-refractivity contribution in [1.29, 1.82) is 0 Å². The standard InChI is InChI=1S/C15H19N3O3/c1-15(2,3)21-14(19)12-13(16)18(9-17-12)10-5-7-11(20-4)8-6-10/h5-9H,16H2,1-4H3. The lowest BCUT2D eigenvalue weighted by molar-refractivity contribution is 0.00648. The third-order valence-corrected chi connectivity index (χ3v) is 2.75. The van der Waals surface area contributed by atoms with Crippen LogP contribution in [-0.2, 0) is 4.74 Å². The molecule has 0 bridgehead atoms. The number of benzene rings is 1. The molecule has 0 radical (unpaired) electrons. The van der Waals surface area contributed by atoms with Crippen LogP contribution >= 0.6 is 0 Å². The SMILES string of the molecule is COc1ccc(-n2cnc(C(=O)OC(C)(C)C)c2N)cc1. The minimum atomic E-state index is -0.590. The average Bonchev–Trinajstić information content (AvgIpc) is 2.79. The van der Waals surface area contributed by atoms with Gasteiger partial charge in [-0.3, -0.25) is 4.57 Å². The van der Waals surface area contributed by atoms with Crippen molar-refractivity contribution in [3.05, 3.63) is 36.3 Å². The van der Waals surface area contributed by atoms with Crippen LogP contribution in [0.2, 0.25) is 0 Å². The van der Waals surface area contributed by atoms with E-state index in [1.54, 1.807) is 32.4 Å². The van der Waals surface area contributed by atoms with Gasteiger partial charge in [0.25, 0.3) is 0 Å². The number of carbonyl (C=O) groups excluding carboxylic acids is 1. The van der Waals surface area contributed by atoms with Crippen molar-refractivity contribution >= 4 is 11.8 Å². The Morgan fingerprint density at radius 3 is 2.38 bits per heavy atom. The Bertz CT molecular complexity index is 639. The fourth-order valence-electron chi connectivity index (χ4n) is 1.79. The van der Waals surface area contributed by atoms with Gasteiger partial charge in [-0.25, -0.2) is 9.78 Å². The molecule has 0 amide bonds. The number of esters is 1. The maximum absolute atomic E-state index is 12.0. The topological polar surface area (TPSA) is 79.4 Å². The summed E-state index contributed by atoms with van der Waals surface area (Å²) in [4.78, 5) is 16.1. The lowest BCUT2D eigenvalue weighted by Crippen LogP contribution is -2.24. The minimum absolute atomic E-state index is 0.112. The number of nitrogens with two attached hydrogens (primary N) is 1. The van der Waals surface area contributed by atoms with Gasteiger partial charge in [-0.2, -0.15) is 0 Å². The summed E-state index contributed by atoms with van der Waals surface area (Å²) >= 11 is 0. The van der Waals surface area contributed by atoms with Crippen LogP contribution in [0, 0.1) is 0 Å². The maximum Gasteiger partial charge on any atom is 0.361 e. The first-order valence-electron chi connectivity index (χ1n) is 6.52. The van der Waals surface area contributed by atoms with Crippen LogP contribution in [0.5, 0.6) is 5.75 Å². The Morgan fingerprint density at radius 2 is 1.86 bits per heavy atom. The molecule has 0 atom stereocenters. The molecule has 112 valence electrons. The van der Waals surface area contributed by atoms with Crippen molar-refractivity contribution < 1.29 is 14.3 Å². The second kappa shape index (κ2) is 5.47. The zero-order chi connectivity index (χ0) is 15.6. The molecule has 0 unspecified atom stereocenters. The number of methoxy groups -OCH3 is 1. The molecule has 0 saturated heterocycles. The van der Waals surface area contributed by atoms with Crippen LogP contribution in [-0.4, -0.2) is 28.2 Å². The third-order valence-electron chi connectivity index (χ3n) is 2.75. The zero-order valence-corrected chi connectivity index (χ0v) is 12.6. The van der Waals surface area contributed by atoms with Crippen LogP contribution in [0.1, 0.15) is 31.3 Å². The molecule has 1 aromatic heterocycles. The van der Waals surface area contributed by atoms with Crippen molar-refractivity contribution in [2.75, 3.05) is 12.8 Å². The Kier molecular flexibility index (Phi) is 3.88. The first-order valence-corrected chi connectivity index (χ1v) is 6.52. The van der Waals surface area contributed by atoms with Gasteiger partial charge in [-0.1, -0.05) is 0 Å². The van der Waals surface area contributed by atoms with Crippen LogP contribution in [0.25, 0.3) is 5.69 Å². The van der Waals surface area contributed by atoms with Gasteiger partial charge in [0.2, 0.25) is 0 Å². The lowest BCUT2D eigenvalue weighted by Gasteiger charge is -2.18. The number of aromatic nitrogens is 2. The molecule has 2 rings (SSSR count). The second-order valence-electron chi connectivity index (χ2n) is 5.55. The number of nitrogens with zero attached hydrogens (tertiary/aromatic N) is 2. The molecule has 0 spiro atoms. The number of carbonyl (C=O) groups is 1. The highest BCUT2D eigenvalue weighted by molar-refractivity contribution is 5.92. The van der Waals surface area contributed by atoms with Crippen LogP contribution in [0.4, 0.5) is 5.82 Å². The molecule has 0 saturated carbocycles. The highest BCUT2D eigenvalue weighted by Crippen LogP contribution is 2.21. The van der Waals surface area contributed by atoms with E-state index in [4.69, 9.17) is 15.2 Å². The fraction of sp³-hybridized carbons (Fsp3) is 0.333. The third kappa shape index (κ3) is 3.34. The van der Waals surface area contributed by atoms with Crippen LogP contribution in [0.3, 0.4) is 0 Å². The maximum atomic E-state index is 12.0. The minimum Gasteiger partial charge on any atom is -0.497 e. The normalized spacial score (nSPS) is 11.2. The first-order chi connectivity index (χ1) is 9.81. The van der Waals surface area contributed by atoms with E-state index in [9.17, 15) is 4.79 Å². The fourth-order valence-corrected chi connectivity index (χ4v) is 1.79. The number of rotatable bonds is 3. The van der Waals surface area contributed by atoms with E-state index in [1.807, 2.05) is 24.3 Å². The van der Waals surface area contributed by atoms with Gasteiger partial charge < -0.3 is 15.2 Å². The highest BCUT2D eigenvalue weighted by Gasteiger charge is 2.23. The van der Waals surface area contributed by atoms with E-state index in [0.717, 1.165) is 11.4 Å². The molecule has 6 nitrogen and oxygen atoms in total. The van der Waals surface area contributed by atoms with E-state index < -0.39 is 11.6 Å². The summed E-state index contributed by atoms with van der Waals surface area (Å²) < 4.78 is 12.0. The number of nitrogen functional groups attached to an aromatic ring is 1. The first kappa shape index (κ1) is 14.9. The van der Waals surface area contributed by atoms with E-state index in [0.29, 0.717) is 0 Å². The van der Waals surface area contributed by atoms with Gasteiger partial charge in [-0.05, 0) is 45.0 Å². The largest absolute Gasteiger partial charge is 0.497 e. The number of hydrogen-bond donors (Lipinski definition) is 1. The summed E-state index contributed by atoms with van der Waals surface area (Å²) in [5.41, 5.74) is 6.30. The Hall–Kier alpha value is -2.50. The molecule has 1 heterocycles. The van der Waals surface area contributed by atoms with E-state index in [1.165, 1.54) is 6.33 Å². The summed E-state index contributed by atoms with van der Waals surface area (Å²) in [6.45, 7) is 5.38. The Balaban J connectivity index is 2.29. The number of imidazole rings is 1. The van der Waals surface area contributed by atoms with Crippen LogP contribution in [0.15, 0.2) is 30.6 Å². The molecular weight excluding hydrogens is 270 g/mol. The Morgan fingerprint density at radius 1 is 1.24 bits per heavy atom. The summed E-state index contributed by atoms with van der Waals surface area (Å²) in [6, 6.07) is 7.27. The van der Waals surface area contributed by atoms with Gasteiger partial charge >= 0.3 is 5.97 Å². The highest BCUT2D eigenvalue weighted by atomic mass is 16.6. The average molecular weight is 289 g/mol. The van der Waals surface area contributed by atoms with Gasteiger partial charge in [0.05, 0.1) is 7.11 Å². The predicted molar refractivity (Wildman–Crippen MR) is 79.7 cm³/mol. The lowest BCUT2D eigenvalue weighted by atomic mass is 10.2. The van der Waals surface area contributed by atoms with Crippen molar-refractivity contribution in [1.82, 2.24) is 9.55 Å². The molecule has 6 heteroatoms. The van der Waals surface area contributed by atoms with E-state index in [-0.39, 0.29) is 11.5 Å². The van der Waals surface area contributed by atoms with Crippen molar-refractivity contribution in [3.63, 3.8) is 0 Å². The molecule has 2 aromatic rings. The van der Waals surface area contributed by atoms with Gasteiger partial charge in [-0.15, -0.1) is 0 Å². The molecule has 0 aliphatic carbocycles. The smallest absolute Gasteiger partial charge is 0.361 e. The van der Waals surface area contributed by atoms with Crippen LogP contribution < -0.4 is 10.5 Å². The van der Waals surface area contributed by atoms with Gasteiger partial charge in [0.15, 0.2) is 5.69 Å². The summed E-state index contributed by atoms with van der Waals surface area (Å²) in [6.07, 6.45) is 1.50. The van der Waals surface area contributed by atoms with Crippen molar-refractivity contribution in [2.45, 2.75) is 26.4 Å². The molecule has 0 aliphatic rings. The van der Waals surface area contributed by atoms with E-state index in [2.05, 4.69) is 4.98 Å². The molecule has 2 N–H and O–H groups in total. The van der Waals surface area contributed by atoms with Crippen molar-refractivity contribution in [2.24, 2.45) is 0 Å². The second-order valence-corrected chi connectivity index (χ2v) is 5.55. The molecule has 1 aromatic carbocycles. The van der Waals surface area contributed by atoms with Gasteiger partial charge in [0.1, 0.15) is 23.5 Å². The molecule has 0 aliphatic heterocycles. The monoisotopic (exact) mass is 289 g/mol. The molecular formula is C15H19N3O3. The van der Waals surface area contributed by atoms with Crippen molar-refractivity contribution in [3.8, 4) is 11.4 Å². The summed E-state index contributed by atoms with van der Waals surface area (Å²) in [5, 5.41) is 0. The zero-order valence-electron chi connectivity index (χ0n) is 12.6. The molecule has 21 heavy (non-hydrogen) atoms. The number of ether oxygens (including phenoxy) is 2. The predicted octanol–water partition coefficient (Wildman–Crippen LogP) is 2.42. The number of anilines is 1. The quantitative estimate of drug-likeness (QED) is 0.878. The number of hydrogen-bond acceptors (Lipinski definition) is 5.